The SMILES string of the molecule is CC(C)C#CCOCCOCC[NH-].[V]. The fourth-order valence-electron chi connectivity index (χ4n) is 0.661. The number of ether oxygens (including phenoxy) is 2. The van der Waals surface area contributed by atoms with Crippen molar-refractivity contribution >= 4 is 0 Å². The number of rotatable bonds is 6. The van der Waals surface area contributed by atoms with Crippen LogP contribution in [0.3, 0.4) is 0 Å². The first kappa shape index (κ1) is 16.5. The third kappa shape index (κ3) is 14.5. The van der Waals surface area contributed by atoms with E-state index in [4.69, 9.17) is 15.2 Å². The van der Waals surface area contributed by atoms with Crippen LogP contribution in [0.25, 0.3) is 5.73 Å². The minimum absolute atomic E-state index is 0. The molecule has 0 atom stereocenters. The Hall–Kier alpha value is 0.0244. The van der Waals surface area contributed by atoms with Crippen LogP contribution in [-0.2, 0) is 28.0 Å². The van der Waals surface area contributed by atoms with E-state index in [2.05, 4.69) is 11.8 Å². The van der Waals surface area contributed by atoms with Crippen LogP contribution < -0.4 is 0 Å². The summed E-state index contributed by atoms with van der Waals surface area (Å²) >= 11 is 0. The molecule has 0 saturated heterocycles. The summed E-state index contributed by atoms with van der Waals surface area (Å²) in [5.41, 5.74) is 6.81. The first-order valence-electron chi connectivity index (χ1n) is 4.56. The van der Waals surface area contributed by atoms with Crippen LogP contribution in [0.15, 0.2) is 0 Å². The van der Waals surface area contributed by atoms with Gasteiger partial charge in [-0.3, -0.25) is 0 Å². The van der Waals surface area contributed by atoms with Crippen LogP contribution in [0.4, 0.5) is 0 Å². The molecule has 0 bridgehead atoms. The predicted octanol–water partition coefficient (Wildman–Crippen LogP) is 1.73. The monoisotopic (exact) mass is 235 g/mol. The molecule has 0 saturated carbocycles. The van der Waals surface area contributed by atoms with E-state index in [-0.39, 0.29) is 18.6 Å². The molecule has 0 amide bonds. The number of hydrogen-bond donors (Lipinski definition) is 0. The summed E-state index contributed by atoms with van der Waals surface area (Å²) in [5, 5.41) is 0. The van der Waals surface area contributed by atoms with Crippen molar-refractivity contribution in [1.82, 2.24) is 0 Å². The molecule has 0 aliphatic heterocycles. The molecule has 0 unspecified atom stereocenters. The zero-order valence-electron chi connectivity index (χ0n) is 8.88. The van der Waals surface area contributed by atoms with Gasteiger partial charge in [-0.25, -0.2) is 0 Å². The molecule has 0 heterocycles. The zero-order chi connectivity index (χ0) is 9.94. The Kier molecular flexibility index (Phi) is 15.3. The molecule has 1 N–H and O–H groups in total. The summed E-state index contributed by atoms with van der Waals surface area (Å²) in [5.74, 6) is 6.32. The molecule has 0 aliphatic carbocycles. The fourth-order valence-corrected chi connectivity index (χ4v) is 0.661. The summed E-state index contributed by atoms with van der Waals surface area (Å²) in [6.45, 7) is 6.49. The van der Waals surface area contributed by atoms with Crippen molar-refractivity contribution in [1.29, 1.82) is 0 Å². The molecular weight excluding hydrogens is 217 g/mol. The van der Waals surface area contributed by atoms with Gasteiger partial charge in [0.05, 0.1) is 13.2 Å². The van der Waals surface area contributed by atoms with Crippen molar-refractivity contribution in [2.75, 3.05) is 33.0 Å². The molecule has 0 spiro atoms. The van der Waals surface area contributed by atoms with Gasteiger partial charge < -0.3 is 15.2 Å². The van der Waals surface area contributed by atoms with Gasteiger partial charge in [0.1, 0.15) is 6.61 Å². The Morgan fingerprint density at radius 3 is 2.36 bits per heavy atom. The molecule has 81 valence electrons. The van der Waals surface area contributed by atoms with Gasteiger partial charge in [-0.15, -0.1) is 6.54 Å². The standard InChI is InChI=1S/C10H18NO2.V/c1-10(2)4-3-6-12-8-9-13-7-5-11;/h10-11H,5-9H2,1-2H3;/q-1;. The van der Waals surface area contributed by atoms with E-state index < -0.39 is 0 Å². The second-order valence-corrected chi connectivity index (χ2v) is 2.89. The molecule has 0 aliphatic rings. The third-order valence-electron chi connectivity index (χ3n) is 1.18. The van der Waals surface area contributed by atoms with Gasteiger partial charge in [0, 0.05) is 31.1 Å². The van der Waals surface area contributed by atoms with Crippen molar-refractivity contribution in [3.8, 4) is 11.8 Å². The van der Waals surface area contributed by atoms with E-state index in [1.165, 1.54) is 0 Å². The van der Waals surface area contributed by atoms with Gasteiger partial charge in [0.25, 0.3) is 0 Å². The fraction of sp³-hybridized carbons (Fsp3) is 0.800. The molecule has 0 aromatic carbocycles. The topological polar surface area (TPSA) is 42.3 Å². The first-order chi connectivity index (χ1) is 6.27. The number of nitrogens with one attached hydrogen (secondary N) is 1. The van der Waals surface area contributed by atoms with E-state index in [9.17, 15) is 0 Å². The predicted molar refractivity (Wildman–Crippen MR) is 53.4 cm³/mol. The van der Waals surface area contributed by atoms with Crippen molar-refractivity contribution in [3.63, 3.8) is 0 Å². The van der Waals surface area contributed by atoms with Crippen molar-refractivity contribution in [3.05, 3.63) is 5.73 Å². The van der Waals surface area contributed by atoms with Crippen LogP contribution in [0.1, 0.15) is 13.8 Å². The Morgan fingerprint density at radius 2 is 1.79 bits per heavy atom. The maximum Gasteiger partial charge on any atom is 0.107 e. The quantitative estimate of drug-likeness (QED) is 0.519. The number of hydrogen-bond acceptors (Lipinski definition) is 2. The van der Waals surface area contributed by atoms with Gasteiger partial charge in [0.15, 0.2) is 0 Å². The summed E-state index contributed by atoms with van der Waals surface area (Å²) in [7, 11) is 0. The van der Waals surface area contributed by atoms with Gasteiger partial charge in [0.2, 0.25) is 0 Å². The zero-order valence-corrected chi connectivity index (χ0v) is 10.3. The smallest absolute Gasteiger partial charge is 0.107 e. The van der Waals surface area contributed by atoms with E-state index in [0.29, 0.717) is 38.9 Å². The summed E-state index contributed by atoms with van der Waals surface area (Å²) in [4.78, 5) is 0. The van der Waals surface area contributed by atoms with E-state index >= 15 is 0 Å². The van der Waals surface area contributed by atoms with Gasteiger partial charge >= 0.3 is 0 Å². The molecule has 14 heavy (non-hydrogen) atoms. The Balaban J connectivity index is 0. The van der Waals surface area contributed by atoms with E-state index in [1.54, 1.807) is 0 Å². The summed E-state index contributed by atoms with van der Waals surface area (Å²) in [6.07, 6.45) is 0. The van der Waals surface area contributed by atoms with Gasteiger partial charge in [-0.2, -0.15) is 0 Å². The Morgan fingerprint density at radius 1 is 1.14 bits per heavy atom. The van der Waals surface area contributed by atoms with Crippen LogP contribution in [0.5, 0.6) is 0 Å². The molecule has 0 rings (SSSR count). The normalized spacial score (nSPS) is 9.14. The summed E-state index contributed by atoms with van der Waals surface area (Å²) < 4.78 is 10.2. The van der Waals surface area contributed by atoms with E-state index in [1.807, 2.05) is 13.8 Å². The maximum atomic E-state index is 6.81. The van der Waals surface area contributed by atoms with Crippen molar-refractivity contribution in [2.24, 2.45) is 5.92 Å². The Bertz CT molecular complexity index is 163. The van der Waals surface area contributed by atoms with Gasteiger partial charge in [-0.05, 0) is 0 Å². The molecule has 0 fully saturated rings. The molecule has 4 heteroatoms. The van der Waals surface area contributed by atoms with Crippen molar-refractivity contribution < 1.29 is 28.0 Å². The molecule has 0 aromatic heterocycles. The second kappa shape index (κ2) is 13.0. The van der Waals surface area contributed by atoms with Crippen LogP contribution >= 0.6 is 0 Å². The molecule has 1 radical (unpaired) electrons. The van der Waals surface area contributed by atoms with Crippen molar-refractivity contribution in [2.45, 2.75) is 13.8 Å². The van der Waals surface area contributed by atoms with Crippen LogP contribution in [0, 0.1) is 17.8 Å². The minimum Gasteiger partial charge on any atom is -0.676 e. The average Bonchev–Trinajstić information content (AvgIpc) is 2.09. The second-order valence-electron chi connectivity index (χ2n) is 2.89. The molecule has 3 nitrogen and oxygen atoms in total. The molecular formula is C10H18NO2V-. The first-order valence-corrected chi connectivity index (χ1v) is 4.56. The maximum absolute atomic E-state index is 6.81. The molecule has 0 aromatic rings. The minimum atomic E-state index is 0. The van der Waals surface area contributed by atoms with Crippen LogP contribution in [-0.4, -0.2) is 33.0 Å². The largest absolute Gasteiger partial charge is 0.676 e. The third-order valence-corrected chi connectivity index (χ3v) is 1.18. The Labute approximate surface area is 98.6 Å². The summed E-state index contributed by atoms with van der Waals surface area (Å²) in [6, 6.07) is 0. The van der Waals surface area contributed by atoms with Crippen LogP contribution in [0.2, 0.25) is 0 Å². The average molecular weight is 235 g/mol. The van der Waals surface area contributed by atoms with E-state index in [0.717, 1.165) is 0 Å². The van der Waals surface area contributed by atoms with Gasteiger partial charge in [-0.1, -0.05) is 25.7 Å².